The van der Waals surface area contributed by atoms with Gasteiger partial charge in [-0.15, -0.1) is 5.10 Å². The minimum absolute atomic E-state index is 0.622. The normalized spacial score (nSPS) is 11.9. The van der Waals surface area contributed by atoms with E-state index in [0.717, 1.165) is 47.6 Å². The molecule has 2 heterocycles. The number of fused-ring (bicyclic) bond motifs is 2. The number of aryl methyl sites for hydroxylation is 1. The zero-order valence-electron chi connectivity index (χ0n) is 16.7. The van der Waals surface area contributed by atoms with Crippen molar-refractivity contribution in [3.05, 3.63) is 53.9 Å². The van der Waals surface area contributed by atoms with Gasteiger partial charge >= 0.3 is 0 Å². The first-order valence-electron chi connectivity index (χ1n) is 9.56. The number of rotatable bonds is 8. The predicted octanol–water partition coefficient (Wildman–Crippen LogP) is 3.30. The van der Waals surface area contributed by atoms with Gasteiger partial charge in [0.25, 0.3) is 0 Å². The van der Waals surface area contributed by atoms with Crippen molar-refractivity contribution < 1.29 is 0 Å². The molecule has 146 valence electrons. The Kier molecular flexibility index (Phi) is 5.64. The topological polar surface area (TPSA) is 51.8 Å². The van der Waals surface area contributed by atoms with Gasteiger partial charge < -0.3 is 9.47 Å². The van der Waals surface area contributed by atoms with E-state index in [9.17, 15) is 0 Å². The summed E-state index contributed by atoms with van der Waals surface area (Å²) in [6, 6.07) is 14.7. The lowest BCUT2D eigenvalue weighted by Crippen LogP contribution is -2.15. The summed E-state index contributed by atoms with van der Waals surface area (Å²) in [5.41, 5.74) is 5.53. The molecule has 0 aliphatic carbocycles. The second kappa shape index (κ2) is 8.32. The maximum Gasteiger partial charge on any atom is 0.131 e. The summed E-state index contributed by atoms with van der Waals surface area (Å²) in [5, 5.41) is 8.96. The van der Waals surface area contributed by atoms with E-state index in [1.807, 2.05) is 22.5 Å². The molecule has 0 atom stereocenters. The maximum atomic E-state index is 4.89. The molecule has 0 spiro atoms. The van der Waals surface area contributed by atoms with Gasteiger partial charge in [0.2, 0.25) is 0 Å². The van der Waals surface area contributed by atoms with Gasteiger partial charge in [-0.2, -0.15) is 11.8 Å². The largest absolute Gasteiger partial charge is 0.326 e. The van der Waals surface area contributed by atoms with E-state index in [-0.39, 0.29) is 0 Å². The van der Waals surface area contributed by atoms with Gasteiger partial charge in [0.1, 0.15) is 17.9 Å². The van der Waals surface area contributed by atoms with Gasteiger partial charge in [-0.05, 0) is 50.5 Å². The van der Waals surface area contributed by atoms with Crippen molar-refractivity contribution in [3.63, 3.8) is 0 Å². The third kappa shape index (κ3) is 3.77. The molecule has 0 bridgehead atoms. The number of para-hydroxylation sites is 2. The number of aromatic nitrogens is 5. The highest BCUT2D eigenvalue weighted by Gasteiger charge is 2.14. The molecular formula is C21H26N6S. The molecule has 0 saturated heterocycles. The monoisotopic (exact) mass is 394 g/mol. The molecule has 4 aromatic rings. The van der Waals surface area contributed by atoms with E-state index in [4.69, 9.17) is 4.98 Å². The average Bonchev–Trinajstić information content (AvgIpc) is 3.26. The number of benzene rings is 2. The molecule has 0 N–H and O–H groups in total. The molecule has 6 nitrogen and oxygen atoms in total. The average molecular weight is 395 g/mol. The van der Waals surface area contributed by atoms with Gasteiger partial charge in [0, 0.05) is 18.8 Å². The fourth-order valence-electron chi connectivity index (χ4n) is 3.52. The van der Waals surface area contributed by atoms with Crippen molar-refractivity contribution in [1.29, 1.82) is 0 Å². The van der Waals surface area contributed by atoms with Crippen LogP contribution >= 0.6 is 11.8 Å². The Bertz CT molecular complexity index is 1080. The van der Waals surface area contributed by atoms with E-state index in [1.54, 1.807) is 0 Å². The molecule has 7 heteroatoms. The minimum atomic E-state index is 0.622. The van der Waals surface area contributed by atoms with Gasteiger partial charge in [-0.3, -0.25) is 0 Å². The molecule has 28 heavy (non-hydrogen) atoms. The lowest BCUT2D eigenvalue weighted by atomic mass is 10.1. The second-order valence-electron chi connectivity index (χ2n) is 7.25. The van der Waals surface area contributed by atoms with Crippen LogP contribution in [0.2, 0.25) is 0 Å². The second-order valence-corrected chi connectivity index (χ2v) is 8.23. The van der Waals surface area contributed by atoms with Crippen LogP contribution < -0.4 is 0 Å². The van der Waals surface area contributed by atoms with Gasteiger partial charge in [0.15, 0.2) is 0 Å². The predicted molar refractivity (Wildman–Crippen MR) is 117 cm³/mol. The van der Waals surface area contributed by atoms with Crippen LogP contribution in [0.5, 0.6) is 0 Å². The Labute approximate surface area is 169 Å². The molecule has 2 aromatic carbocycles. The first kappa shape index (κ1) is 19.0. The zero-order valence-corrected chi connectivity index (χ0v) is 17.5. The van der Waals surface area contributed by atoms with Crippen molar-refractivity contribution >= 4 is 33.8 Å². The van der Waals surface area contributed by atoms with Gasteiger partial charge in [-0.1, -0.05) is 29.5 Å². The Balaban J connectivity index is 1.69. The fourth-order valence-corrected chi connectivity index (χ4v) is 3.89. The summed E-state index contributed by atoms with van der Waals surface area (Å²) in [7, 11) is 4.19. The molecule has 0 aliphatic heterocycles. The van der Waals surface area contributed by atoms with Crippen LogP contribution in [-0.4, -0.2) is 62.1 Å². The van der Waals surface area contributed by atoms with E-state index in [0.29, 0.717) is 6.54 Å². The molecule has 0 aliphatic rings. The van der Waals surface area contributed by atoms with Crippen LogP contribution in [0.3, 0.4) is 0 Å². The lowest BCUT2D eigenvalue weighted by molar-refractivity contribution is 0.414. The summed E-state index contributed by atoms with van der Waals surface area (Å²) < 4.78 is 4.29. The molecule has 0 fully saturated rings. The number of likely N-dealkylation sites (N-methyl/N-ethyl adjacent to an activating group) is 1. The summed E-state index contributed by atoms with van der Waals surface area (Å²) >= 11 is 1.85. The van der Waals surface area contributed by atoms with Crippen LogP contribution in [-0.2, 0) is 19.5 Å². The molecule has 0 radical (unpaired) electrons. The Morgan fingerprint density at radius 3 is 2.68 bits per heavy atom. The van der Waals surface area contributed by atoms with E-state index < -0.39 is 0 Å². The third-order valence-electron chi connectivity index (χ3n) is 5.00. The smallest absolute Gasteiger partial charge is 0.131 e. The number of hydrogen-bond acceptors (Lipinski definition) is 5. The molecule has 0 saturated carbocycles. The van der Waals surface area contributed by atoms with Gasteiger partial charge in [-0.25, -0.2) is 9.67 Å². The summed E-state index contributed by atoms with van der Waals surface area (Å²) in [4.78, 5) is 7.08. The first-order valence-corrected chi connectivity index (χ1v) is 11.0. The molecule has 0 unspecified atom stereocenters. The molecule has 0 amide bonds. The van der Waals surface area contributed by atoms with Crippen molar-refractivity contribution in [2.24, 2.45) is 0 Å². The maximum absolute atomic E-state index is 4.89. The van der Waals surface area contributed by atoms with Crippen LogP contribution in [0.15, 0.2) is 42.5 Å². The lowest BCUT2D eigenvalue weighted by Gasteiger charge is -2.10. The van der Waals surface area contributed by atoms with Crippen molar-refractivity contribution in [2.45, 2.75) is 19.5 Å². The van der Waals surface area contributed by atoms with Crippen LogP contribution in [0.1, 0.15) is 11.4 Å². The third-order valence-corrected chi connectivity index (χ3v) is 5.59. The number of thioether (sulfide) groups is 1. The van der Waals surface area contributed by atoms with Crippen LogP contribution in [0.4, 0.5) is 0 Å². The Morgan fingerprint density at radius 1 is 1.04 bits per heavy atom. The zero-order chi connectivity index (χ0) is 19.5. The summed E-state index contributed by atoms with van der Waals surface area (Å²) in [6.07, 6.45) is 3.11. The Morgan fingerprint density at radius 2 is 1.86 bits per heavy atom. The fraction of sp³-hybridized carbons (Fsp3) is 0.381. The van der Waals surface area contributed by atoms with Crippen molar-refractivity contribution in [1.82, 2.24) is 29.4 Å². The highest BCUT2D eigenvalue weighted by Crippen LogP contribution is 2.21. The summed E-state index contributed by atoms with van der Waals surface area (Å²) in [5.74, 6) is 2.08. The number of nitrogens with zero attached hydrogens (tertiary/aromatic N) is 6. The minimum Gasteiger partial charge on any atom is -0.326 e. The quantitative estimate of drug-likeness (QED) is 0.459. The van der Waals surface area contributed by atoms with Gasteiger partial charge in [0.05, 0.1) is 16.6 Å². The number of hydrogen-bond donors (Lipinski definition) is 0. The first-order chi connectivity index (χ1) is 13.7. The highest BCUT2D eigenvalue weighted by atomic mass is 32.2. The van der Waals surface area contributed by atoms with Crippen molar-refractivity contribution in [2.75, 3.05) is 32.6 Å². The van der Waals surface area contributed by atoms with E-state index >= 15 is 0 Å². The standard InChI is InChI=1S/C21H26N6S/c1-25(2)12-11-16-7-6-10-19-21(16)23-24-27(19)15-20-22-17-8-4-5-9-18(17)26(20)13-14-28-3/h4-10H,11-15H2,1-3H3. The van der Waals surface area contributed by atoms with E-state index in [2.05, 4.69) is 76.5 Å². The van der Waals surface area contributed by atoms with E-state index in [1.165, 1.54) is 11.1 Å². The number of imidazole rings is 1. The SMILES string of the molecule is CSCCn1c(Cn2nnc3c(CCN(C)C)cccc32)nc2ccccc21. The Hall–Kier alpha value is -2.38. The molecular weight excluding hydrogens is 368 g/mol. The molecule has 4 rings (SSSR count). The molecule has 2 aromatic heterocycles. The van der Waals surface area contributed by atoms with Crippen molar-refractivity contribution in [3.8, 4) is 0 Å². The summed E-state index contributed by atoms with van der Waals surface area (Å²) in [6.45, 7) is 2.56. The van der Waals surface area contributed by atoms with Crippen LogP contribution in [0, 0.1) is 0 Å². The van der Waals surface area contributed by atoms with Crippen LogP contribution in [0.25, 0.3) is 22.1 Å². The highest BCUT2D eigenvalue weighted by molar-refractivity contribution is 7.98.